The molecule has 1 N–H and O–H groups in total. The van der Waals surface area contributed by atoms with E-state index in [0.717, 1.165) is 25.8 Å². The quantitative estimate of drug-likeness (QED) is 0.768. The summed E-state index contributed by atoms with van der Waals surface area (Å²) in [6.45, 7) is 3.48. The normalized spacial score (nSPS) is 21.2. The van der Waals surface area contributed by atoms with Crippen LogP contribution in [0.5, 0.6) is 0 Å². The molecule has 2 unspecified atom stereocenters. The van der Waals surface area contributed by atoms with Gasteiger partial charge < -0.3 is 14.7 Å². The molecule has 2 atom stereocenters. The lowest BCUT2D eigenvalue weighted by Gasteiger charge is -2.33. The fourth-order valence-electron chi connectivity index (χ4n) is 2.46. The molecule has 5 heteroatoms. The van der Waals surface area contributed by atoms with Crippen molar-refractivity contribution in [1.82, 2.24) is 4.90 Å². The smallest absolute Gasteiger partial charge is 0.303 e. The van der Waals surface area contributed by atoms with Gasteiger partial charge in [-0.15, -0.1) is 0 Å². The number of carboxylic acids is 1. The number of hydrogen-bond acceptors (Lipinski definition) is 3. The largest absolute Gasteiger partial charge is 0.481 e. The lowest BCUT2D eigenvalue weighted by molar-refractivity contribution is -0.137. The molecular formula is C14H25NO4. The molecule has 0 aromatic rings. The van der Waals surface area contributed by atoms with E-state index in [2.05, 4.69) is 0 Å². The molecule has 1 heterocycles. The minimum Gasteiger partial charge on any atom is -0.481 e. The van der Waals surface area contributed by atoms with Gasteiger partial charge in [-0.2, -0.15) is 0 Å². The predicted molar refractivity (Wildman–Crippen MR) is 71.9 cm³/mol. The lowest BCUT2D eigenvalue weighted by atomic mass is 9.93. The number of piperidine rings is 1. The van der Waals surface area contributed by atoms with Crippen LogP contribution in [0.4, 0.5) is 0 Å². The lowest BCUT2D eigenvalue weighted by Crippen LogP contribution is -2.40. The van der Waals surface area contributed by atoms with Crippen molar-refractivity contribution in [3.8, 4) is 0 Å². The third-order valence-corrected chi connectivity index (χ3v) is 3.81. The van der Waals surface area contributed by atoms with Gasteiger partial charge in [-0.1, -0.05) is 0 Å². The second-order valence-corrected chi connectivity index (χ2v) is 5.37. The number of rotatable bonds is 7. The second kappa shape index (κ2) is 8.15. The zero-order valence-corrected chi connectivity index (χ0v) is 11.9. The van der Waals surface area contributed by atoms with E-state index in [9.17, 15) is 9.59 Å². The highest BCUT2D eigenvalue weighted by Gasteiger charge is 2.23. The van der Waals surface area contributed by atoms with Crippen molar-refractivity contribution in [1.29, 1.82) is 0 Å². The molecule has 1 amide bonds. The topological polar surface area (TPSA) is 66.8 Å². The van der Waals surface area contributed by atoms with E-state index in [1.165, 1.54) is 0 Å². The van der Waals surface area contributed by atoms with Crippen LogP contribution in [0.3, 0.4) is 0 Å². The summed E-state index contributed by atoms with van der Waals surface area (Å²) < 4.78 is 5.14. The number of carbonyl (C=O) groups excluding carboxylic acids is 1. The number of aliphatic carboxylic acids is 1. The van der Waals surface area contributed by atoms with Crippen LogP contribution in [0.25, 0.3) is 0 Å². The SMILES string of the molecule is COC(C)CCC(=O)N1CCCC(CCC(=O)O)C1. The highest BCUT2D eigenvalue weighted by molar-refractivity contribution is 5.76. The number of likely N-dealkylation sites (tertiary alicyclic amines) is 1. The summed E-state index contributed by atoms with van der Waals surface area (Å²) in [5, 5.41) is 8.70. The van der Waals surface area contributed by atoms with E-state index in [-0.39, 0.29) is 18.4 Å². The highest BCUT2D eigenvalue weighted by Crippen LogP contribution is 2.21. The Labute approximate surface area is 114 Å². The third-order valence-electron chi connectivity index (χ3n) is 3.81. The predicted octanol–water partition coefficient (Wildman–Crippen LogP) is 1.90. The standard InChI is InChI=1S/C14H25NO4/c1-11(19-2)5-7-13(16)15-9-3-4-12(10-15)6-8-14(17)18/h11-12H,3-10H2,1-2H3,(H,17,18). The Balaban J connectivity index is 2.32. The Hall–Kier alpha value is -1.10. The molecule has 1 saturated heterocycles. The van der Waals surface area contributed by atoms with E-state index in [1.807, 2.05) is 11.8 Å². The van der Waals surface area contributed by atoms with Crippen LogP contribution in [0.1, 0.15) is 45.4 Å². The Morgan fingerprint density at radius 3 is 2.79 bits per heavy atom. The van der Waals surface area contributed by atoms with Crippen LogP contribution in [0, 0.1) is 5.92 Å². The van der Waals surface area contributed by atoms with Crippen molar-refractivity contribution in [2.24, 2.45) is 5.92 Å². The first-order chi connectivity index (χ1) is 9.02. The van der Waals surface area contributed by atoms with E-state index < -0.39 is 5.97 Å². The van der Waals surface area contributed by atoms with Crippen LogP contribution in [0.2, 0.25) is 0 Å². The molecule has 0 saturated carbocycles. The number of carbonyl (C=O) groups is 2. The number of amides is 1. The maximum absolute atomic E-state index is 12.1. The van der Waals surface area contributed by atoms with Gasteiger partial charge in [0.25, 0.3) is 0 Å². The zero-order chi connectivity index (χ0) is 14.3. The van der Waals surface area contributed by atoms with Crippen molar-refractivity contribution in [3.63, 3.8) is 0 Å². The molecule has 1 aliphatic rings. The number of nitrogens with zero attached hydrogens (tertiary/aromatic N) is 1. The first-order valence-electron chi connectivity index (χ1n) is 7.05. The summed E-state index contributed by atoms with van der Waals surface area (Å²) in [6, 6.07) is 0. The number of carboxylic acid groups (broad SMARTS) is 1. The minimum atomic E-state index is -0.752. The molecule has 0 aromatic heterocycles. The average molecular weight is 271 g/mol. The van der Waals surface area contributed by atoms with Gasteiger partial charge >= 0.3 is 5.97 Å². The summed E-state index contributed by atoms with van der Waals surface area (Å²) in [6.07, 6.45) is 4.26. The van der Waals surface area contributed by atoms with Gasteiger partial charge in [0.2, 0.25) is 5.91 Å². The van der Waals surface area contributed by atoms with Crippen molar-refractivity contribution in [3.05, 3.63) is 0 Å². The van der Waals surface area contributed by atoms with Crippen LogP contribution in [0.15, 0.2) is 0 Å². The Morgan fingerprint density at radius 2 is 2.16 bits per heavy atom. The van der Waals surface area contributed by atoms with E-state index in [4.69, 9.17) is 9.84 Å². The van der Waals surface area contributed by atoms with Crippen molar-refractivity contribution in [2.45, 2.75) is 51.6 Å². The molecule has 0 aromatic carbocycles. The maximum atomic E-state index is 12.1. The first-order valence-corrected chi connectivity index (χ1v) is 7.05. The fourth-order valence-corrected chi connectivity index (χ4v) is 2.46. The summed E-state index contributed by atoms with van der Waals surface area (Å²) in [5.74, 6) is -0.241. The minimum absolute atomic E-state index is 0.108. The highest BCUT2D eigenvalue weighted by atomic mass is 16.5. The monoisotopic (exact) mass is 271 g/mol. The summed E-state index contributed by atoms with van der Waals surface area (Å²) >= 11 is 0. The maximum Gasteiger partial charge on any atom is 0.303 e. The molecule has 0 bridgehead atoms. The molecule has 19 heavy (non-hydrogen) atoms. The fraction of sp³-hybridized carbons (Fsp3) is 0.857. The summed E-state index contributed by atoms with van der Waals surface area (Å²) in [7, 11) is 1.65. The summed E-state index contributed by atoms with van der Waals surface area (Å²) in [4.78, 5) is 24.5. The van der Waals surface area contributed by atoms with E-state index in [1.54, 1.807) is 7.11 Å². The summed E-state index contributed by atoms with van der Waals surface area (Å²) in [5.41, 5.74) is 0. The second-order valence-electron chi connectivity index (χ2n) is 5.37. The first kappa shape index (κ1) is 16.0. The number of hydrogen-bond donors (Lipinski definition) is 1. The number of methoxy groups -OCH3 is 1. The van der Waals surface area contributed by atoms with E-state index in [0.29, 0.717) is 25.3 Å². The molecule has 1 aliphatic heterocycles. The zero-order valence-electron chi connectivity index (χ0n) is 11.9. The van der Waals surface area contributed by atoms with Crippen LogP contribution >= 0.6 is 0 Å². The van der Waals surface area contributed by atoms with Crippen LogP contribution in [-0.4, -0.2) is 48.2 Å². The Morgan fingerprint density at radius 1 is 1.42 bits per heavy atom. The molecule has 110 valence electrons. The van der Waals surface area contributed by atoms with Gasteiger partial charge in [0.05, 0.1) is 6.10 Å². The molecule has 1 rings (SSSR count). The van der Waals surface area contributed by atoms with Gasteiger partial charge in [-0.05, 0) is 38.5 Å². The molecule has 0 aliphatic carbocycles. The molecule has 0 spiro atoms. The van der Waals surface area contributed by atoms with Gasteiger partial charge in [0, 0.05) is 33.0 Å². The molecule has 0 radical (unpaired) electrons. The molecular weight excluding hydrogens is 246 g/mol. The van der Waals surface area contributed by atoms with Gasteiger partial charge in [0.15, 0.2) is 0 Å². The van der Waals surface area contributed by atoms with Gasteiger partial charge in [-0.25, -0.2) is 0 Å². The Bertz CT molecular complexity index is 306. The van der Waals surface area contributed by atoms with Crippen LogP contribution < -0.4 is 0 Å². The Kier molecular flexibility index (Phi) is 6.84. The van der Waals surface area contributed by atoms with Gasteiger partial charge in [0.1, 0.15) is 0 Å². The van der Waals surface area contributed by atoms with Crippen molar-refractivity contribution in [2.75, 3.05) is 20.2 Å². The molecule has 5 nitrogen and oxygen atoms in total. The van der Waals surface area contributed by atoms with Crippen molar-refractivity contribution < 1.29 is 19.4 Å². The van der Waals surface area contributed by atoms with Crippen LogP contribution in [-0.2, 0) is 14.3 Å². The number of ether oxygens (including phenoxy) is 1. The van der Waals surface area contributed by atoms with Crippen molar-refractivity contribution >= 4 is 11.9 Å². The molecule has 1 fully saturated rings. The van der Waals surface area contributed by atoms with E-state index >= 15 is 0 Å². The van der Waals surface area contributed by atoms with Gasteiger partial charge in [-0.3, -0.25) is 9.59 Å². The average Bonchev–Trinajstić information content (AvgIpc) is 2.42. The third kappa shape index (κ3) is 6.05.